The van der Waals surface area contributed by atoms with Gasteiger partial charge in [-0.15, -0.1) is 0 Å². The molecule has 1 atom stereocenters. The summed E-state index contributed by atoms with van der Waals surface area (Å²) in [7, 11) is 0. The number of anilines is 2. The number of nitrogens with zero attached hydrogens (tertiary/aromatic N) is 2. The number of hydrogen-bond donors (Lipinski definition) is 2. The minimum absolute atomic E-state index is 0.370. The number of carbonyl (C=O) groups is 3. The highest BCUT2D eigenvalue weighted by Crippen LogP contribution is 2.33. The van der Waals surface area contributed by atoms with E-state index in [0.29, 0.717) is 49.0 Å². The first-order chi connectivity index (χ1) is 15.4. The molecule has 168 valence electrons. The zero-order valence-corrected chi connectivity index (χ0v) is 18.5. The highest BCUT2D eigenvalue weighted by molar-refractivity contribution is 6.31. The van der Waals surface area contributed by atoms with Gasteiger partial charge in [0.2, 0.25) is 5.91 Å². The average molecular weight is 457 g/mol. The third-order valence-electron chi connectivity index (χ3n) is 5.86. The first-order valence-electron chi connectivity index (χ1n) is 10.6. The Kier molecular flexibility index (Phi) is 6.34. The topological polar surface area (TPSA) is 91.0 Å². The summed E-state index contributed by atoms with van der Waals surface area (Å²) in [6, 6.07) is 13.7. The monoisotopic (exact) mass is 456 g/mol. The Labute approximate surface area is 191 Å². The second-order valence-corrected chi connectivity index (χ2v) is 8.19. The van der Waals surface area contributed by atoms with Crippen molar-refractivity contribution >= 4 is 40.8 Å². The predicted molar refractivity (Wildman–Crippen MR) is 122 cm³/mol. The van der Waals surface area contributed by atoms with E-state index in [-0.39, 0.29) is 0 Å². The molecule has 0 unspecified atom stereocenters. The highest BCUT2D eigenvalue weighted by atomic mass is 35.5. The van der Waals surface area contributed by atoms with Crippen LogP contribution in [-0.2, 0) is 19.9 Å². The zero-order chi connectivity index (χ0) is 22.7. The molecule has 0 bridgehead atoms. The number of ether oxygens (including phenoxy) is 1. The third kappa shape index (κ3) is 4.16. The van der Waals surface area contributed by atoms with Gasteiger partial charge in [-0.1, -0.05) is 48.9 Å². The normalized spacial score (nSPS) is 20.9. The van der Waals surface area contributed by atoms with E-state index < -0.39 is 29.9 Å². The van der Waals surface area contributed by atoms with Crippen LogP contribution in [0.3, 0.4) is 0 Å². The summed E-state index contributed by atoms with van der Waals surface area (Å²) >= 11 is 6.16. The summed E-state index contributed by atoms with van der Waals surface area (Å²) < 4.78 is 5.40. The first kappa shape index (κ1) is 22.1. The summed E-state index contributed by atoms with van der Waals surface area (Å²) in [6.45, 7) is 4.00. The molecule has 0 saturated carbocycles. The lowest BCUT2D eigenvalue weighted by Gasteiger charge is -2.30. The summed E-state index contributed by atoms with van der Waals surface area (Å²) in [4.78, 5) is 41.8. The molecule has 9 heteroatoms. The fourth-order valence-corrected chi connectivity index (χ4v) is 4.33. The van der Waals surface area contributed by atoms with Gasteiger partial charge in [-0.2, -0.15) is 0 Å². The van der Waals surface area contributed by atoms with Gasteiger partial charge in [-0.25, -0.2) is 4.79 Å². The van der Waals surface area contributed by atoms with Crippen LogP contribution in [0.4, 0.5) is 16.2 Å². The van der Waals surface area contributed by atoms with Crippen molar-refractivity contribution in [1.82, 2.24) is 10.2 Å². The van der Waals surface area contributed by atoms with E-state index in [2.05, 4.69) is 15.5 Å². The van der Waals surface area contributed by atoms with Crippen LogP contribution in [0, 0.1) is 0 Å². The number of rotatable bonds is 6. The molecule has 2 heterocycles. The van der Waals surface area contributed by atoms with Crippen LogP contribution in [0.2, 0.25) is 5.02 Å². The van der Waals surface area contributed by atoms with E-state index in [0.717, 1.165) is 10.6 Å². The summed E-state index contributed by atoms with van der Waals surface area (Å²) in [5, 5.41) is 6.08. The molecule has 0 aromatic heterocycles. The van der Waals surface area contributed by atoms with Crippen LogP contribution in [0.25, 0.3) is 0 Å². The van der Waals surface area contributed by atoms with Gasteiger partial charge in [0.1, 0.15) is 12.1 Å². The molecule has 2 aliphatic rings. The van der Waals surface area contributed by atoms with Crippen LogP contribution in [0.15, 0.2) is 48.5 Å². The second-order valence-electron chi connectivity index (χ2n) is 7.76. The fourth-order valence-electron chi connectivity index (χ4n) is 4.15. The average Bonchev–Trinajstić information content (AvgIpc) is 3.05. The smallest absolute Gasteiger partial charge is 0.325 e. The molecule has 0 spiro atoms. The summed E-state index contributed by atoms with van der Waals surface area (Å²) in [5.41, 5.74) is 0.859. The van der Waals surface area contributed by atoms with Crippen molar-refractivity contribution in [2.75, 3.05) is 43.1 Å². The standard InChI is InChI=1S/C23H25ClN4O4/c1-2-23(16-6-4-3-5-7-16)21(30)28(22(31)26-23)15-20(29)25-18-14-17(24)8-9-19(18)27-10-12-32-13-11-27/h3-9,14H,2,10-13,15H2,1H3,(H,25,29)(H,26,31)/t23-/m1/s1. The Hall–Kier alpha value is -3.10. The molecule has 4 amide bonds. The molecule has 2 aliphatic heterocycles. The number of urea groups is 1. The van der Waals surface area contributed by atoms with Gasteiger partial charge in [0.05, 0.1) is 24.6 Å². The lowest BCUT2D eigenvalue weighted by molar-refractivity contribution is -0.134. The number of carbonyl (C=O) groups excluding carboxylic acids is 3. The lowest BCUT2D eigenvalue weighted by atomic mass is 9.87. The van der Waals surface area contributed by atoms with Crippen molar-refractivity contribution in [3.63, 3.8) is 0 Å². The maximum Gasteiger partial charge on any atom is 0.325 e. The molecule has 2 aromatic rings. The Balaban J connectivity index is 1.52. The van der Waals surface area contributed by atoms with Gasteiger partial charge in [0, 0.05) is 18.1 Å². The summed E-state index contributed by atoms with van der Waals surface area (Å²) in [5.74, 6) is -0.920. The molecular weight excluding hydrogens is 432 g/mol. The molecule has 32 heavy (non-hydrogen) atoms. The van der Waals surface area contributed by atoms with Gasteiger partial charge < -0.3 is 20.3 Å². The van der Waals surface area contributed by atoms with Gasteiger partial charge in [0.25, 0.3) is 5.91 Å². The van der Waals surface area contributed by atoms with Crippen LogP contribution >= 0.6 is 11.6 Å². The zero-order valence-electron chi connectivity index (χ0n) is 17.8. The molecule has 4 rings (SSSR count). The lowest BCUT2D eigenvalue weighted by Crippen LogP contribution is -2.44. The quantitative estimate of drug-likeness (QED) is 0.652. The number of morpholine rings is 1. The maximum atomic E-state index is 13.2. The number of hydrogen-bond acceptors (Lipinski definition) is 5. The van der Waals surface area contributed by atoms with Gasteiger partial charge in [0.15, 0.2) is 0 Å². The first-order valence-corrected chi connectivity index (χ1v) is 10.9. The number of benzene rings is 2. The van der Waals surface area contributed by atoms with E-state index in [1.54, 1.807) is 24.3 Å². The molecular formula is C23H25ClN4O4. The van der Waals surface area contributed by atoms with Crippen molar-refractivity contribution in [3.05, 3.63) is 59.1 Å². The van der Waals surface area contributed by atoms with E-state index in [4.69, 9.17) is 16.3 Å². The molecule has 2 saturated heterocycles. The third-order valence-corrected chi connectivity index (χ3v) is 6.09. The van der Waals surface area contributed by atoms with E-state index >= 15 is 0 Å². The molecule has 0 radical (unpaired) electrons. The van der Waals surface area contributed by atoms with E-state index in [1.165, 1.54) is 0 Å². The van der Waals surface area contributed by atoms with Crippen molar-refractivity contribution in [1.29, 1.82) is 0 Å². The van der Waals surface area contributed by atoms with Crippen molar-refractivity contribution in [2.24, 2.45) is 0 Å². The second kappa shape index (κ2) is 9.18. The maximum absolute atomic E-state index is 13.2. The number of halogens is 1. The largest absolute Gasteiger partial charge is 0.378 e. The minimum Gasteiger partial charge on any atom is -0.378 e. The van der Waals surface area contributed by atoms with Gasteiger partial charge in [-0.05, 0) is 30.2 Å². The molecule has 2 N–H and O–H groups in total. The SMILES string of the molecule is CC[C@]1(c2ccccc2)NC(=O)N(CC(=O)Nc2cc(Cl)ccc2N2CCOCC2)C1=O. The molecule has 8 nitrogen and oxygen atoms in total. The number of imide groups is 1. The van der Waals surface area contributed by atoms with Crippen molar-refractivity contribution < 1.29 is 19.1 Å². The van der Waals surface area contributed by atoms with Crippen molar-refractivity contribution in [3.8, 4) is 0 Å². The van der Waals surface area contributed by atoms with Gasteiger partial charge >= 0.3 is 6.03 Å². The van der Waals surface area contributed by atoms with Crippen LogP contribution < -0.4 is 15.5 Å². The minimum atomic E-state index is -1.17. The fraction of sp³-hybridized carbons (Fsp3) is 0.348. The number of amides is 4. The Morgan fingerprint density at radius 1 is 1.16 bits per heavy atom. The Morgan fingerprint density at radius 3 is 2.56 bits per heavy atom. The van der Waals surface area contributed by atoms with E-state index in [1.807, 2.05) is 31.2 Å². The van der Waals surface area contributed by atoms with Gasteiger partial charge in [-0.3, -0.25) is 14.5 Å². The Bertz CT molecular complexity index is 1030. The summed E-state index contributed by atoms with van der Waals surface area (Å²) in [6.07, 6.45) is 0.370. The number of nitrogens with one attached hydrogen (secondary N) is 2. The van der Waals surface area contributed by atoms with Crippen molar-refractivity contribution in [2.45, 2.75) is 18.9 Å². The Morgan fingerprint density at radius 2 is 1.88 bits per heavy atom. The molecule has 0 aliphatic carbocycles. The van der Waals surface area contributed by atoms with E-state index in [9.17, 15) is 14.4 Å². The predicted octanol–water partition coefficient (Wildman–Crippen LogP) is 2.97. The van der Waals surface area contributed by atoms with Crippen LogP contribution in [-0.4, -0.2) is 55.6 Å². The molecule has 2 fully saturated rings. The molecule has 2 aromatic carbocycles. The highest BCUT2D eigenvalue weighted by Gasteiger charge is 2.51. The van der Waals surface area contributed by atoms with Crippen LogP contribution in [0.1, 0.15) is 18.9 Å². The van der Waals surface area contributed by atoms with Crippen LogP contribution in [0.5, 0.6) is 0 Å².